The molecule has 0 radical (unpaired) electrons. The van der Waals surface area contributed by atoms with Crippen LogP contribution in [0, 0.1) is 0 Å². The van der Waals surface area contributed by atoms with Crippen LogP contribution < -0.4 is 15.9 Å². The Bertz CT molecular complexity index is 605. The molecule has 0 saturated heterocycles. The number of hydrazone groups is 1. The molecular formula is C13H14N4O2. The van der Waals surface area contributed by atoms with Gasteiger partial charge in [0.15, 0.2) is 0 Å². The van der Waals surface area contributed by atoms with Gasteiger partial charge in [-0.2, -0.15) is 5.10 Å². The lowest BCUT2D eigenvalue weighted by Gasteiger charge is -2.02. The highest BCUT2D eigenvalue weighted by Gasteiger charge is 1.93. The van der Waals surface area contributed by atoms with E-state index < -0.39 is 5.69 Å². The topological polar surface area (TPSA) is 79.4 Å². The van der Waals surface area contributed by atoms with Crippen molar-refractivity contribution in [3.8, 4) is 5.75 Å². The van der Waals surface area contributed by atoms with E-state index in [1.165, 1.54) is 6.20 Å². The Morgan fingerprint density at radius 2 is 2.16 bits per heavy atom. The minimum Gasteiger partial charge on any atom is -0.494 e. The van der Waals surface area contributed by atoms with Crippen molar-refractivity contribution in [3.05, 3.63) is 52.6 Å². The van der Waals surface area contributed by atoms with Gasteiger partial charge in [0, 0.05) is 6.20 Å². The number of nitrogens with zero attached hydrogens (tertiary/aromatic N) is 2. The molecule has 0 unspecified atom stereocenters. The zero-order valence-corrected chi connectivity index (χ0v) is 10.5. The van der Waals surface area contributed by atoms with Crippen LogP contribution in [0.1, 0.15) is 12.5 Å². The van der Waals surface area contributed by atoms with Crippen molar-refractivity contribution < 1.29 is 4.74 Å². The zero-order valence-electron chi connectivity index (χ0n) is 10.5. The van der Waals surface area contributed by atoms with E-state index in [0.29, 0.717) is 12.4 Å². The normalized spacial score (nSPS) is 10.6. The molecule has 6 nitrogen and oxygen atoms in total. The van der Waals surface area contributed by atoms with Crippen LogP contribution in [0.3, 0.4) is 0 Å². The molecule has 0 atom stereocenters. The van der Waals surface area contributed by atoms with Gasteiger partial charge >= 0.3 is 5.69 Å². The fourth-order valence-corrected chi connectivity index (χ4v) is 1.43. The van der Waals surface area contributed by atoms with E-state index >= 15 is 0 Å². The van der Waals surface area contributed by atoms with Crippen LogP contribution in [0.4, 0.5) is 5.82 Å². The molecule has 0 amide bonds. The number of anilines is 1. The predicted octanol–water partition coefficient (Wildman–Crippen LogP) is 1.61. The van der Waals surface area contributed by atoms with E-state index in [1.807, 2.05) is 31.2 Å². The number of benzene rings is 1. The van der Waals surface area contributed by atoms with Crippen LogP contribution in [0.2, 0.25) is 0 Å². The fourth-order valence-electron chi connectivity index (χ4n) is 1.43. The van der Waals surface area contributed by atoms with Gasteiger partial charge in [0.2, 0.25) is 0 Å². The van der Waals surface area contributed by atoms with Gasteiger partial charge in [0.25, 0.3) is 0 Å². The molecule has 0 aliphatic carbocycles. The SMILES string of the molecule is CCOc1ccc(/C=N/Nc2ccnc(=O)[nH]2)cc1. The van der Waals surface area contributed by atoms with Gasteiger partial charge in [0.1, 0.15) is 11.6 Å². The highest BCUT2D eigenvalue weighted by atomic mass is 16.5. The summed E-state index contributed by atoms with van der Waals surface area (Å²) in [5.41, 5.74) is 3.22. The molecule has 6 heteroatoms. The molecule has 2 N–H and O–H groups in total. The Balaban J connectivity index is 1.97. The molecule has 98 valence electrons. The summed E-state index contributed by atoms with van der Waals surface area (Å²) in [6, 6.07) is 9.16. The van der Waals surface area contributed by atoms with E-state index in [2.05, 4.69) is 20.5 Å². The Morgan fingerprint density at radius 1 is 1.37 bits per heavy atom. The molecule has 2 rings (SSSR count). The lowest BCUT2D eigenvalue weighted by atomic mass is 10.2. The van der Waals surface area contributed by atoms with Gasteiger partial charge in [-0.3, -0.25) is 10.4 Å². The number of aromatic amines is 1. The van der Waals surface area contributed by atoms with Crippen LogP contribution in [-0.4, -0.2) is 22.8 Å². The van der Waals surface area contributed by atoms with Crippen molar-refractivity contribution in [1.82, 2.24) is 9.97 Å². The maximum absolute atomic E-state index is 10.9. The average molecular weight is 258 g/mol. The molecule has 0 spiro atoms. The number of H-pyrrole nitrogens is 1. The summed E-state index contributed by atoms with van der Waals surface area (Å²) in [7, 11) is 0. The molecule has 1 heterocycles. The lowest BCUT2D eigenvalue weighted by Crippen LogP contribution is -2.10. The largest absolute Gasteiger partial charge is 0.494 e. The summed E-state index contributed by atoms with van der Waals surface area (Å²) in [5, 5.41) is 4.01. The molecule has 1 aromatic carbocycles. The summed E-state index contributed by atoms with van der Waals surface area (Å²) in [6.45, 7) is 2.58. The maximum atomic E-state index is 10.9. The van der Waals surface area contributed by atoms with Crippen molar-refractivity contribution >= 4 is 12.0 Å². The van der Waals surface area contributed by atoms with Gasteiger partial charge in [0.05, 0.1) is 12.8 Å². The molecule has 0 aliphatic rings. The summed E-state index contributed by atoms with van der Waals surface area (Å²) >= 11 is 0. The van der Waals surface area contributed by atoms with Crippen LogP contribution >= 0.6 is 0 Å². The maximum Gasteiger partial charge on any atom is 0.346 e. The van der Waals surface area contributed by atoms with E-state index in [4.69, 9.17) is 4.74 Å². The first kappa shape index (κ1) is 12.8. The van der Waals surface area contributed by atoms with E-state index in [0.717, 1.165) is 11.3 Å². The third-order valence-electron chi connectivity index (χ3n) is 2.26. The molecule has 2 aromatic rings. The van der Waals surface area contributed by atoms with Crippen LogP contribution in [0.5, 0.6) is 5.75 Å². The summed E-state index contributed by atoms with van der Waals surface area (Å²) in [5.74, 6) is 1.31. The van der Waals surface area contributed by atoms with Gasteiger partial charge < -0.3 is 4.74 Å². The van der Waals surface area contributed by atoms with Gasteiger partial charge in [-0.1, -0.05) is 0 Å². The number of nitrogens with one attached hydrogen (secondary N) is 2. The summed E-state index contributed by atoms with van der Waals surface area (Å²) in [4.78, 5) is 17.0. The number of aromatic nitrogens is 2. The predicted molar refractivity (Wildman–Crippen MR) is 73.7 cm³/mol. The van der Waals surface area contributed by atoms with E-state index in [9.17, 15) is 4.79 Å². The molecule has 0 bridgehead atoms. The second-order valence-electron chi connectivity index (χ2n) is 3.66. The highest BCUT2D eigenvalue weighted by Crippen LogP contribution is 2.10. The molecule has 19 heavy (non-hydrogen) atoms. The first-order valence-electron chi connectivity index (χ1n) is 5.85. The van der Waals surface area contributed by atoms with Gasteiger partial charge in [-0.15, -0.1) is 0 Å². The second kappa shape index (κ2) is 6.34. The third kappa shape index (κ3) is 3.95. The average Bonchev–Trinajstić information content (AvgIpc) is 2.41. The Morgan fingerprint density at radius 3 is 2.84 bits per heavy atom. The zero-order chi connectivity index (χ0) is 13.5. The summed E-state index contributed by atoms with van der Waals surface area (Å²) in [6.07, 6.45) is 3.06. The number of hydrogen-bond donors (Lipinski definition) is 2. The molecular weight excluding hydrogens is 244 g/mol. The minimum absolute atomic E-state index is 0.415. The Hall–Kier alpha value is -2.63. The number of ether oxygens (including phenoxy) is 1. The Labute approximate surface area is 110 Å². The van der Waals surface area contributed by atoms with E-state index in [1.54, 1.807) is 12.3 Å². The molecule has 0 fully saturated rings. The summed E-state index contributed by atoms with van der Waals surface area (Å²) < 4.78 is 5.34. The first-order valence-corrected chi connectivity index (χ1v) is 5.85. The monoisotopic (exact) mass is 258 g/mol. The molecule has 0 saturated carbocycles. The second-order valence-corrected chi connectivity index (χ2v) is 3.66. The Kier molecular flexibility index (Phi) is 4.28. The lowest BCUT2D eigenvalue weighted by molar-refractivity contribution is 0.340. The van der Waals surface area contributed by atoms with Crippen molar-refractivity contribution in [1.29, 1.82) is 0 Å². The quantitative estimate of drug-likeness (QED) is 0.631. The van der Waals surface area contributed by atoms with Crippen molar-refractivity contribution in [2.45, 2.75) is 6.92 Å². The third-order valence-corrected chi connectivity index (χ3v) is 2.26. The van der Waals surface area contributed by atoms with Gasteiger partial charge in [-0.25, -0.2) is 9.78 Å². The number of hydrogen-bond acceptors (Lipinski definition) is 5. The smallest absolute Gasteiger partial charge is 0.346 e. The van der Waals surface area contributed by atoms with E-state index in [-0.39, 0.29) is 0 Å². The van der Waals surface area contributed by atoms with Crippen molar-refractivity contribution in [3.63, 3.8) is 0 Å². The van der Waals surface area contributed by atoms with Crippen molar-refractivity contribution in [2.24, 2.45) is 5.10 Å². The molecule has 0 aliphatic heterocycles. The van der Waals surface area contributed by atoms with Crippen LogP contribution in [0.25, 0.3) is 0 Å². The number of rotatable bonds is 5. The minimum atomic E-state index is -0.415. The first-order chi connectivity index (χ1) is 9.28. The van der Waals surface area contributed by atoms with Crippen LogP contribution in [-0.2, 0) is 0 Å². The molecule has 1 aromatic heterocycles. The van der Waals surface area contributed by atoms with Gasteiger partial charge in [-0.05, 0) is 42.8 Å². The highest BCUT2D eigenvalue weighted by molar-refractivity contribution is 5.80. The fraction of sp³-hybridized carbons (Fsp3) is 0.154. The standard InChI is InChI=1S/C13H14N4O2/c1-2-19-11-5-3-10(4-6-11)9-15-17-12-7-8-14-13(18)16-12/h3-9H,2H2,1H3,(H2,14,16,17,18)/b15-9+. The van der Waals surface area contributed by atoms with Crippen LogP contribution in [0.15, 0.2) is 46.4 Å². The van der Waals surface area contributed by atoms with Crippen molar-refractivity contribution in [2.75, 3.05) is 12.0 Å².